The minimum absolute atomic E-state index is 0.199. The highest BCUT2D eigenvalue weighted by Crippen LogP contribution is 2.24. The molecule has 2 aromatic carbocycles. The van der Waals surface area contributed by atoms with Gasteiger partial charge in [-0.2, -0.15) is 5.10 Å². The average Bonchev–Trinajstić information content (AvgIpc) is 3.18. The van der Waals surface area contributed by atoms with E-state index in [0.29, 0.717) is 12.8 Å². The van der Waals surface area contributed by atoms with Crippen molar-refractivity contribution in [3.05, 3.63) is 70.5 Å². The van der Waals surface area contributed by atoms with Gasteiger partial charge in [0.1, 0.15) is 0 Å². The number of piperazine rings is 1. The first kappa shape index (κ1) is 20.8. The maximum atomic E-state index is 12.9. The molecule has 2 aromatic heterocycles. The predicted octanol–water partition coefficient (Wildman–Crippen LogP) is 4.43. The number of aromatic nitrogens is 3. The molecule has 4 aromatic rings. The minimum Gasteiger partial charge on any atom is -0.368 e. The van der Waals surface area contributed by atoms with E-state index < -0.39 is 0 Å². The van der Waals surface area contributed by atoms with E-state index in [0.717, 1.165) is 70.4 Å². The molecule has 0 bridgehead atoms. The van der Waals surface area contributed by atoms with Gasteiger partial charge in [-0.3, -0.25) is 4.79 Å². The van der Waals surface area contributed by atoms with E-state index in [4.69, 9.17) is 21.7 Å². The third-order valence-electron chi connectivity index (χ3n) is 6.43. The number of halogens is 1. The van der Waals surface area contributed by atoms with E-state index in [1.807, 2.05) is 58.8 Å². The number of aryl methyl sites for hydroxylation is 2. The summed E-state index contributed by atoms with van der Waals surface area (Å²) in [6, 6.07) is 15.9. The maximum Gasteiger partial charge on any atom is 0.223 e. The van der Waals surface area contributed by atoms with Gasteiger partial charge in [0.15, 0.2) is 5.65 Å². The van der Waals surface area contributed by atoms with Crippen LogP contribution in [0.3, 0.4) is 0 Å². The molecule has 0 aliphatic carbocycles. The zero-order valence-electron chi connectivity index (χ0n) is 18.4. The number of nitrogens with zero attached hydrogens (tertiary/aromatic N) is 5. The van der Waals surface area contributed by atoms with Crippen molar-refractivity contribution in [2.45, 2.75) is 26.7 Å². The average molecular weight is 448 g/mol. The molecule has 0 atom stereocenters. The third-order valence-corrected chi connectivity index (χ3v) is 6.68. The number of fused-ring (bicyclic) bond motifs is 3. The number of rotatable bonds is 4. The summed E-state index contributed by atoms with van der Waals surface area (Å²) in [5.74, 6) is 0.199. The highest BCUT2D eigenvalue weighted by Gasteiger charge is 2.22. The Hall–Kier alpha value is -3.12. The van der Waals surface area contributed by atoms with Crippen molar-refractivity contribution in [2.24, 2.45) is 0 Å². The second-order valence-electron chi connectivity index (χ2n) is 8.36. The number of carbonyl (C=O) groups excluding carboxylic acids is 1. The number of hydrogen-bond acceptors (Lipinski definition) is 4. The van der Waals surface area contributed by atoms with Gasteiger partial charge in [-0.05, 0) is 62.2 Å². The molecule has 7 heteroatoms. The lowest BCUT2D eigenvalue weighted by molar-refractivity contribution is -0.131. The summed E-state index contributed by atoms with van der Waals surface area (Å²) in [5, 5.41) is 6.52. The molecule has 0 radical (unpaired) electrons. The fourth-order valence-electron chi connectivity index (χ4n) is 4.59. The molecule has 1 saturated heterocycles. The smallest absolute Gasteiger partial charge is 0.223 e. The fourth-order valence-corrected chi connectivity index (χ4v) is 4.72. The lowest BCUT2D eigenvalue weighted by Crippen LogP contribution is -2.48. The van der Waals surface area contributed by atoms with Crippen LogP contribution >= 0.6 is 11.6 Å². The Labute approximate surface area is 192 Å². The van der Waals surface area contributed by atoms with Crippen molar-refractivity contribution in [1.82, 2.24) is 19.5 Å². The summed E-state index contributed by atoms with van der Waals surface area (Å²) in [6.07, 6.45) is 1.16. The van der Waals surface area contributed by atoms with E-state index in [2.05, 4.69) is 17.9 Å². The van der Waals surface area contributed by atoms with Crippen molar-refractivity contribution in [2.75, 3.05) is 31.1 Å². The summed E-state index contributed by atoms with van der Waals surface area (Å²) in [6.45, 7) is 7.23. The van der Waals surface area contributed by atoms with Gasteiger partial charge >= 0.3 is 0 Å². The summed E-state index contributed by atoms with van der Waals surface area (Å²) >= 11 is 5.99. The third kappa shape index (κ3) is 3.79. The second-order valence-corrected chi connectivity index (χ2v) is 8.79. The molecule has 5 rings (SSSR count). The molecule has 0 unspecified atom stereocenters. The summed E-state index contributed by atoms with van der Waals surface area (Å²) in [5.41, 5.74) is 6.11. The minimum atomic E-state index is 0.199. The van der Waals surface area contributed by atoms with E-state index in [1.165, 1.54) is 0 Å². The number of benzene rings is 2. The van der Waals surface area contributed by atoms with Crippen LogP contribution in [0.1, 0.15) is 23.4 Å². The molecule has 0 saturated carbocycles. The number of anilines is 1. The number of carbonyl (C=O) groups is 1. The molecular formula is C25H26ClN5O. The molecular weight excluding hydrogens is 422 g/mol. The summed E-state index contributed by atoms with van der Waals surface area (Å²) in [7, 11) is 0. The topological polar surface area (TPSA) is 53.7 Å². The van der Waals surface area contributed by atoms with Gasteiger partial charge in [-0.25, -0.2) is 9.50 Å². The zero-order valence-corrected chi connectivity index (χ0v) is 19.1. The lowest BCUT2D eigenvalue weighted by Gasteiger charge is -2.36. The SMILES string of the molecule is Cc1nc2c3ccccc3nn2c(C)c1CCC(=O)N1CCN(c2ccc(Cl)cc2)CC1. The molecule has 1 amide bonds. The Balaban J connectivity index is 1.26. The molecule has 1 fully saturated rings. The van der Waals surface area contributed by atoms with E-state index in [9.17, 15) is 4.79 Å². The summed E-state index contributed by atoms with van der Waals surface area (Å²) < 4.78 is 1.92. The van der Waals surface area contributed by atoms with Gasteiger partial charge in [-0.15, -0.1) is 0 Å². The normalized spacial score (nSPS) is 14.5. The van der Waals surface area contributed by atoms with Crippen molar-refractivity contribution in [1.29, 1.82) is 0 Å². The lowest BCUT2D eigenvalue weighted by atomic mass is 10.1. The van der Waals surface area contributed by atoms with Crippen molar-refractivity contribution in [3.8, 4) is 0 Å². The van der Waals surface area contributed by atoms with Gasteiger partial charge < -0.3 is 9.80 Å². The molecule has 1 aliphatic heterocycles. The first-order valence-electron chi connectivity index (χ1n) is 11.0. The Morgan fingerprint density at radius 1 is 1.00 bits per heavy atom. The highest BCUT2D eigenvalue weighted by molar-refractivity contribution is 6.30. The first-order valence-corrected chi connectivity index (χ1v) is 11.4. The quantitative estimate of drug-likeness (QED) is 0.464. The van der Waals surface area contributed by atoms with E-state index in [-0.39, 0.29) is 5.91 Å². The van der Waals surface area contributed by atoms with Crippen LogP contribution in [0, 0.1) is 13.8 Å². The van der Waals surface area contributed by atoms with Crippen molar-refractivity contribution >= 4 is 39.7 Å². The largest absolute Gasteiger partial charge is 0.368 e. The van der Waals surface area contributed by atoms with Crippen LogP contribution in [0.25, 0.3) is 16.6 Å². The Bertz CT molecular complexity index is 1290. The molecule has 1 aliphatic rings. The Morgan fingerprint density at radius 3 is 2.47 bits per heavy atom. The molecule has 0 spiro atoms. The fraction of sp³-hybridized carbons (Fsp3) is 0.320. The van der Waals surface area contributed by atoms with Gasteiger partial charge in [0.2, 0.25) is 5.91 Å². The Kier molecular flexibility index (Phi) is 5.47. The summed E-state index contributed by atoms with van der Waals surface area (Å²) in [4.78, 5) is 22.0. The van der Waals surface area contributed by atoms with E-state index in [1.54, 1.807) is 0 Å². The first-order chi connectivity index (χ1) is 15.5. The molecule has 3 heterocycles. The van der Waals surface area contributed by atoms with Gasteiger partial charge in [0, 0.05) is 60.1 Å². The van der Waals surface area contributed by atoms with E-state index >= 15 is 0 Å². The standard InChI is InChI=1S/C25H26ClN5O/c1-17-21(18(2)31-25(27-17)22-5-3-4-6-23(22)28-31)11-12-24(32)30-15-13-29(14-16-30)20-9-7-19(26)8-10-20/h3-10H,11-16H2,1-2H3. The van der Waals surface area contributed by atoms with Crippen LogP contribution in [0.15, 0.2) is 48.5 Å². The van der Waals surface area contributed by atoms with Gasteiger partial charge in [-0.1, -0.05) is 23.7 Å². The van der Waals surface area contributed by atoms with Crippen LogP contribution in [0.5, 0.6) is 0 Å². The van der Waals surface area contributed by atoms with Gasteiger partial charge in [0.05, 0.1) is 5.52 Å². The highest BCUT2D eigenvalue weighted by atomic mass is 35.5. The second kappa shape index (κ2) is 8.43. The zero-order chi connectivity index (χ0) is 22.2. The maximum absolute atomic E-state index is 12.9. The molecule has 164 valence electrons. The van der Waals surface area contributed by atoms with Crippen LogP contribution in [-0.4, -0.2) is 51.6 Å². The molecule has 32 heavy (non-hydrogen) atoms. The number of hydrogen-bond donors (Lipinski definition) is 0. The number of amides is 1. The van der Waals surface area contributed by atoms with Crippen LogP contribution in [0.4, 0.5) is 5.69 Å². The molecule has 0 N–H and O–H groups in total. The monoisotopic (exact) mass is 447 g/mol. The van der Waals surface area contributed by atoms with Gasteiger partial charge in [0.25, 0.3) is 0 Å². The van der Waals surface area contributed by atoms with Crippen molar-refractivity contribution < 1.29 is 4.79 Å². The predicted molar refractivity (Wildman–Crippen MR) is 129 cm³/mol. The van der Waals surface area contributed by atoms with Crippen LogP contribution in [-0.2, 0) is 11.2 Å². The van der Waals surface area contributed by atoms with Crippen LogP contribution < -0.4 is 4.90 Å². The molecule has 6 nitrogen and oxygen atoms in total. The van der Waals surface area contributed by atoms with Crippen LogP contribution in [0.2, 0.25) is 5.02 Å². The van der Waals surface area contributed by atoms with Crippen molar-refractivity contribution in [3.63, 3.8) is 0 Å². The Morgan fingerprint density at radius 2 is 1.72 bits per heavy atom.